The van der Waals surface area contributed by atoms with Crippen LogP contribution in [0.15, 0.2) is 47.4 Å². The molecule has 0 unspecified atom stereocenters. The lowest BCUT2D eigenvalue weighted by Gasteiger charge is -2.09. The first-order valence-corrected chi connectivity index (χ1v) is 8.22. The maximum Gasteiger partial charge on any atom is 0.266 e. The van der Waals surface area contributed by atoms with Gasteiger partial charge in [-0.1, -0.05) is 17.7 Å². The van der Waals surface area contributed by atoms with E-state index in [-0.39, 0.29) is 17.3 Å². The summed E-state index contributed by atoms with van der Waals surface area (Å²) in [5.41, 5.74) is 3.36. The topological polar surface area (TPSA) is 93.7 Å². The number of ether oxygens (including phenoxy) is 2. The maximum absolute atomic E-state index is 12.1. The Bertz CT molecular complexity index is 847. The molecular formula is C15H14N2O5S. The van der Waals surface area contributed by atoms with Gasteiger partial charge in [0.25, 0.3) is 15.9 Å². The predicted molar refractivity (Wildman–Crippen MR) is 81.5 cm³/mol. The van der Waals surface area contributed by atoms with Gasteiger partial charge in [0.15, 0.2) is 11.5 Å². The van der Waals surface area contributed by atoms with Crippen molar-refractivity contribution in [1.29, 1.82) is 0 Å². The van der Waals surface area contributed by atoms with Crippen LogP contribution in [0.1, 0.15) is 15.9 Å². The molecule has 7 nitrogen and oxygen atoms in total. The molecule has 0 aromatic heterocycles. The first kappa shape index (κ1) is 15.3. The van der Waals surface area contributed by atoms with Crippen molar-refractivity contribution >= 4 is 15.9 Å². The summed E-state index contributed by atoms with van der Waals surface area (Å²) < 4.78 is 34.5. The highest BCUT2D eigenvalue weighted by Crippen LogP contribution is 2.32. The Morgan fingerprint density at radius 3 is 2.48 bits per heavy atom. The van der Waals surface area contributed by atoms with E-state index in [1.807, 2.05) is 6.92 Å². The van der Waals surface area contributed by atoms with Gasteiger partial charge in [-0.25, -0.2) is 8.42 Å². The van der Waals surface area contributed by atoms with Crippen molar-refractivity contribution in [3.05, 3.63) is 53.6 Å². The van der Waals surface area contributed by atoms with E-state index >= 15 is 0 Å². The SMILES string of the molecule is Cc1ccc(S(=O)(=O)NNC(=O)c2ccc3c(c2)OCO3)cc1. The summed E-state index contributed by atoms with van der Waals surface area (Å²) >= 11 is 0. The van der Waals surface area contributed by atoms with Crippen molar-refractivity contribution in [2.45, 2.75) is 11.8 Å². The first-order valence-electron chi connectivity index (χ1n) is 6.74. The lowest BCUT2D eigenvalue weighted by atomic mass is 10.2. The number of amides is 1. The minimum absolute atomic E-state index is 0.0640. The molecular weight excluding hydrogens is 320 g/mol. The highest BCUT2D eigenvalue weighted by atomic mass is 32.2. The monoisotopic (exact) mass is 334 g/mol. The molecule has 0 fully saturated rings. The molecule has 0 bridgehead atoms. The van der Waals surface area contributed by atoms with Gasteiger partial charge < -0.3 is 9.47 Å². The maximum atomic E-state index is 12.1. The van der Waals surface area contributed by atoms with Crippen molar-refractivity contribution in [1.82, 2.24) is 10.3 Å². The van der Waals surface area contributed by atoms with Crippen LogP contribution >= 0.6 is 0 Å². The summed E-state index contributed by atoms with van der Waals surface area (Å²) in [4.78, 5) is 14.2. The minimum Gasteiger partial charge on any atom is -0.454 e. The smallest absolute Gasteiger partial charge is 0.266 e. The zero-order valence-electron chi connectivity index (χ0n) is 12.2. The zero-order valence-corrected chi connectivity index (χ0v) is 13.0. The summed E-state index contributed by atoms with van der Waals surface area (Å²) in [6.45, 7) is 1.95. The van der Waals surface area contributed by atoms with Crippen LogP contribution in [0.3, 0.4) is 0 Å². The van der Waals surface area contributed by atoms with Crippen molar-refractivity contribution < 1.29 is 22.7 Å². The largest absolute Gasteiger partial charge is 0.454 e. The van der Waals surface area contributed by atoms with Crippen LogP contribution in [0.5, 0.6) is 11.5 Å². The quantitative estimate of drug-likeness (QED) is 0.823. The molecule has 0 aliphatic carbocycles. The molecule has 1 heterocycles. The van der Waals surface area contributed by atoms with Crippen molar-refractivity contribution in [3.8, 4) is 11.5 Å². The molecule has 2 N–H and O–H groups in total. The van der Waals surface area contributed by atoms with Gasteiger partial charge in [-0.05, 0) is 37.3 Å². The molecule has 0 saturated heterocycles. The number of fused-ring (bicyclic) bond motifs is 1. The third-order valence-corrected chi connectivity index (χ3v) is 4.53. The molecule has 1 amide bonds. The van der Waals surface area contributed by atoms with Gasteiger partial charge in [0.2, 0.25) is 6.79 Å². The van der Waals surface area contributed by atoms with E-state index < -0.39 is 15.9 Å². The molecule has 120 valence electrons. The molecule has 23 heavy (non-hydrogen) atoms. The molecule has 2 aromatic rings. The second kappa shape index (κ2) is 5.90. The normalized spacial score (nSPS) is 12.9. The first-order chi connectivity index (χ1) is 11.0. The van der Waals surface area contributed by atoms with Gasteiger partial charge in [-0.3, -0.25) is 10.2 Å². The molecule has 1 aliphatic rings. The molecule has 1 aliphatic heterocycles. The predicted octanol–water partition coefficient (Wildman–Crippen LogP) is 1.35. The zero-order chi connectivity index (χ0) is 16.4. The Balaban J connectivity index is 1.70. The number of carbonyl (C=O) groups excluding carboxylic acids is 1. The third-order valence-electron chi connectivity index (χ3n) is 3.26. The number of nitrogens with one attached hydrogen (secondary N) is 2. The van der Waals surface area contributed by atoms with E-state index in [1.54, 1.807) is 18.2 Å². The third kappa shape index (κ3) is 3.27. The Labute approximate surface area is 133 Å². The molecule has 3 rings (SSSR count). The van der Waals surface area contributed by atoms with Crippen LogP contribution in [0.2, 0.25) is 0 Å². The fraction of sp³-hybridized carbons (Fsp3) is 0.133. The Morgan fingerprint density at radius 1 is 1.04 bits per heavy atom. The Kier molecular flexibility index (Phi) is 3.93. The summed E-state index contributed by atoms with van der Waals surface area (Å²) in [5, 5.41) is 0. The summed E-state index contributed by atoms with van der Waals surface area (Å²) in [5.74, 6) is 0.389. The van der Waals surface area contributed by atoms with Gasteiger partial charge in [0, 0.05) is 5.56 Å². The summed E-state index contributed by atoms with van der Waals surface area (Å²) in [6.07, 6.45) is 0. The van der Waals surface area contributed by atoms with Gasteiger partial charge in [-0.2, -0.15) is 0 Å². The number of aryl methyl sites for hydroxylation is 1. The highest BCUT2D eigenvalue weighted by molar-refractivity contribution is 7.89. The van der Waals surface area contributed by atoms with Crippen molar-refractivity contribution in [3.63, 3.8) is 0 Å². The number of benzene rings is 2. The van der Waals surface area contributed by atoms with Gasteiger partial charge in [-0.15, -0.1) is 4.83 Å². The standard InChI is InChI=1S/C15H14N2O5S/c1-10-2-5-12(6-3-10)23(19,20)17-16-15(18)11-4-7-13-14(8-11)22-9-21-13/h2-8,17H,9H2,1H3,(H,16,18). The Morgan fingerprint density at radius 2 is 1.74 bits per heavy atom. The van der Waals surface area contributed by atoms with Crippen LogP contribution in [0.4, 0.5) is 0 Å². The van der Waals surface area contributed by atoms with E-state index in [9.17, 15) is 13.2 Å². The highest BCUT2D eigenvalue weighted by Gasteiger charge is 2.18. The van der Waals surface area contributed by atoms with E-state index in [2.05, 4.69) is 10.3 Å². The fourth-order valence-corrected chi connectivity index (χ4v) is 2.84. The van der Waals surface area contributed by atoms with Crippen LogP contribution in [-0.2, 0) is 10.0 Å². The van der Waals surface area contributed by atoms with Gasteiger partial charge >= 0.3 is 0 Å². The van der Waals surface area contributed by atoms with E-state index in [0.717, 1.165) is 5.56 Å². The second-order valence-corrected chi connectivity index (χ2v) is 6.62. The minimum atomic E-state index is -3.83. The molecule has 0 spiro atoms. The summed E-state index contributed by atoms with van der Waals surface area (Å²) in [7, 11) is -3.83. The Hall–Kier alpha value is -2.58. The average molecular weight is 334 g/mol. The van der Waals surface area contributed by atoms with Gasteiger partial charge in [0.1, 0.15) is 0 Å². The van der Waals surface area contributed by atoms with Crippen LogP contribution in [0, 0.1) is 6.92 Å². The second-order valence-electron chi connectivity index (χ2n) is 4.94. The van der Waals surface area contributed by atoms with Crippen molar-refractivity contribution in [2.75, 3.05) is 6.79 Å². The molecule has 0 radical (unpaired) electrons. The van der Waals surface area contributed by atoms with E-state index in [0.29, 0.717) is 11.5 Å². The number of carbonyl (C=O) groups is 1. The number of hydrogen-bond acceptors (Lipinski definition) is 5. The number of hydrazine groups is 1. The number of hydrogen-bond donors (Lipinski definition) is 2. The van der Waals surface area contributed by atoms with E-state index in [4.69, 9.17) is 9.47 Å². The molecule has 2 aromatic carbocycles. The lowest BCUT2D eigenvalue weighted by Crippen LogP contribution is -2.41. The summed E-state index contributed by atoms with van der Waals surface area (Å²) in [6, 6.07) is 10.9. The fourth-order valence-electron chi connectivity index (χ4n) is 2.00. The molecule has 8 heteroatoms. The average Bonchev–Trinajstić information content (AvgIpc) is 3.00. The number of sulfonamides is 1. The van der Waals surface area contributed by atoms with Crippen molar-refractivity contribution in [2.24, 2.45) is 0 Å². The number of rotatable bonds is 4. The van der Waals surface area contributed by atoms with Crippen LogP contribution < -0.4 is 19.7 Å². The lowest BCUT2D eigenvalue weighted by molar-refractivity contribution is 0.0944. The molecule has 0 atom stereocenters. The van der Waals surface area contributed by atoms with Gasteiger partial charge in [0.05, 0.1) is 4.90 Å². The van der Waals surface area contributed by atoms with Crippen LogP contribution in [0.25, 0.3) is 0 Å². The molecule has 0 saturated carbocycles. The van der Waals surface area contributed by atoms with E-state index in [1.165, 1.54) is 24.3 Å². The van der Waals surface area contributed by atoms with Crippen LogP contribution in [-0.4, -0.2) is 21.1 Å².